The lowest BCUT2D eigenvalue weighted by Crippen LogP contribution is -2.35. The van der Waals surface area contributed by atoms with Crippen LogP contribution in [-0.4, -0.2) is 25.5 Å². The van der Waals surface area contributed by atoms with Crippen molar-refractivity contribution >= 4 is 5.91 Å². The van der Waals surface area contributed by atoms with E-state index < -0.39 is 0 Å². The molecule has 0 aliphatic heterocycles. The average molecular weight is 200 g/mol. The lowest BCUT2D eigenvalue weighted by molar-refractivity contribution is -0.120. The Morgan fingerprint density at radius 2 is 2.00 bits per heavy atom. The molecule has 1 unspecified atom stereocenters. The third-order valence-electron chi connectivity index (χ3n) is 2.13. The first-order chi connectivity index (χ1) is 6.70. The molecule has 3 nitrogen and oxygen atoms in total. The van der Waals surface area contributed by atoms with Gasteiger partial charge in [0.15, 0.2) is 0 Å². The largest absolute Gasteiger partial charge is 0.355 e. The van der Waals surface area contributed by atoms with Gasteiger partial charge in [-0.25, -0.2) is 0 Å². The van der Waals surface area contributed by atoms with Gasteiger partial charge >= 0.3 is 0 Å². The number of rotatable bonds is 8. The molecule has 14 heavy (non-hydrogen) atoms. The quantitative estimate of drug-likeness (QED) is 0.624. The minimum Gasteiger partial charge on any atom is -0.355 e. The van der Waals surface area contributed by atoms with Crippen LogP contribution in [0.2, 0.25) is 0 Å². The highest BCUT2D eigenvalue weighted by atomic mass is 16.1. The molecule has 0 aromatic heterocycles. The van der Waals surface area contributed by atoms with E-state index in [2.05, 4.69) is 31.4 Å². The Morgan fingerprint density at radius 1 is 1.29 bits per heavy atom. The number of carbonyl (C=O) groups excluding carboxylic acids is 1. The smallest absolute Gasteiger partial charge is 0.233 e. The fourth-order valence-corrected chi connectivity index (χ4v) is 1.35. The maximum Gasteiger partial charge on any atom is 0.233 e. The van der Waals surface area contributed by atoms with E-state index in [0.717, 1.165) is 19.5 Å². The van der Waals surface area contributed by atoms with Gasteiger partial charge in [0.1, 0.15) is 0 Å². The summed E-state index contributed by atoms with van der Waals surface area (Å²) >= 11 is 0. The molecule has 0 fully saturated rings. The monoisotopic (exact) mass is 200 g/mol. The van der Waals surface area contributed by atoms with Gasteiger partial charge < -0.3 is 10.6 Å². The van der Waals surface area contributed by atoms with Crippen LogP contribution in [0.4, 0.5) is 0 Å². The normalized spacial score (nSPS) is 12.5. The summed E-state index contributed by atoms with van der Waals surface area (Å²) in [6, 6.07) is 0. The number of amides is 1. The molecule has 0 spiro atoms. The molecule has 0 radical (unpaired) electrons. The number of hydrogen-bond acceptors (Lipinski definition) is 2. The average Bonchev–Trinajstić information content (AvgIpc) is 2.15. The van der Waals surface area contributed by atoms with E-state index >= 15 is 0 Å². The zero-order chi connectivity index (χ0) is 10.8. The topological polar surface area (TPSA) is 41.1 Å². The number of carbonyl (C=O) groups is 1. The summed E-state index contributed by atoms with van der Waals surface area (Å²) in [6.45, 7) is 8.62. The summed E-state index contributed by atoms with van der Waals surface area (Å²) in [6.07, 6.45) is 3.44. The summed E-state index contributed by atoms with van der Waals surface area (Å²) in [5.74, 6) is 0.773. The second-order valence-electron chi connectivity index (χ2n) is 3.87. The van der Waals surface area contributed by atoms with Gasteiger partial charge in [-0.05, 0) is 25.3 Å². The van der Waals surface area contributed by atoms with E-state index in [4.69, 9.17) is 0 Å². The number of nitrogens with one attached hydrogen (secondary N) is 2. The Labute approximate surface area is 87.6 Å². The third-order valence-corrected chi connectivity index (χ3v) is 2.13. The van der Waals surface area contributed by atoms with Crippen LogP contribution in [0, 0.1) is 5.92 Å². The van der Waals surface area contributed by atoms with Gasteiger partial charge in [0, 0.05) is 6.54 Å². The zero-order valence-electron chi connectivity index (χ0n) is 9.73. The molecule has 2 N–H and O–H groups in total. The Hall–Kier alpha value is -0.570. The molecule has 0 rings (SSSR count). The first-order valence-electron chi connectivity index (χ1n) is 5.68. The summed E-state index contributed by atoms with van der Waals surface area (Å²) < 4.78 is 0. The Balaban J connectivity index is 3.30. The van der Waals surface area contributed by atoms with Crippen molar-refractivity contribution in [3.63, 3.8) is 0 Å². The highest BCUT2D eigenvalue weighted by Gasteiger charge is 2.02. The predicted molar refractivity (Wildman–Crippen MR) is 60.2 cm³/mol. The van der Waals surface area contributed by atoms with Gasteiger partial charge in [0.2, 0.25) is 5.91 Å². The summed E-state index contributed by atoms with van der Waals surface area (Å²) in [5, 5.41) is 6.00. The molecule has 84 valence electrons. The molecule has 3 heteroatoms. The predicted octanol–water partition coefficient (Wildman–Crippen LogP) is 1.54. The molecule has 0 saturated carbocycles. The van der Waals surface area contributed by atoms with E-state index in [-0.39, 0.29) is 5.91 Å². The Morgan fingerprint density at radius 3 is 2.57 bits per heavy atom. The highest BCUT2D eigenvalue weighted by molar-refractivity contribution is 5.77. The van der Waals surface area contributed by atoms with Crippen molar-refractivity contribution in [1.82, 2.24) is 10.6 Å². The van der Waals surface area contributed by atoms with Gasteiger partial charge in [0.25, 0.3) is 0 Å². The zero-order valence-corrected chi connectivity index (χ0v) is 9.73. The second-order valence-corrected chi connectivity index (χ2v) is 3.87. The molecule has 0 saturated heterocycles. The minimum absolute atomic E-state index is 0.107. The lowest BCUT2D eigenvalue weighted by Gasteiger charge is -2.11. The van der Waals surface area contributed by atoms with E-state index in [1.54, 1.807) is 0 Å². The van der Waals surface area contributed by atoms with E-state index in [1.807, 2.05) is 0 Å². The van der Waals surface area contributed by atoms with Gasteiger partial charge in [-0.1, -0.05) is 27.2 Å². The van der Waals surface area contributed by atoms with Crippen molar-refractivity contribution in [2.24, 2.45) is 5.92 Å². The third kappa shape index (κ3) is 8.05. The fourth-order valence-electron chi connectivity index (χ4n) is 1.35. The Bertz CT molecular complexity index is 148. The lowest BCUT2D eigenvalue weighted by atomic mass is 10.1. The second kappa shape index (κ2) is 9.00. The van der Waals surface area contributed by atoms with Crippen molar-refractivity contribution in [2.45, 2.75) is 40.0 Å². The van der Waals surface area contributed by atoms with Crippen LogP contribution in [0.1, 0.15) is 40.0 Å². The van der Waals surface area contributed by atoms with Crippen LogP contribution in [0.3, 0.4) is 0 Å². The maximum absolute atomic E-state index is 11.2. The molecule has 0 aliphatic rings. The Kier molecular flexibility index (Phi) is 8.64. The standard InChI is InChI=1S/C11H24N2O/c1-4-6-10(3)8-12-9-11(14)13-7-5-2/h10,12H,4-9H2,1-3H3,(H,13,14). The van der Waals surface area contributed by atoms with Gasteiger partial charge in [-0.3, -0.25) is 4.79 Å². The van der Waals surface area contributed by atoms with Crippen molar-refractivity contribution in [2.75, 3.05) is 19.6 Å². The van der Waals surface area contributed by atoms with E-state index in [1.165, 1.54) is 12.8 Å². The summed E-state index contributed by atoms with van der Waals surface area (Å²) in [7, 11) is 0. The maximum atomic E-state index is 11.2. The van der Waals surface area contributed by atoms with Gasteiger partial charge in [-0.15, -0.1) is 0 Å². The van der Waals surface area contributed by atoms with E-state index in [9.17, 15) is 4.79 Å². The van der Waals surface area contributed by atoms with E-state index in [0.29, 0.717) is 12.5 Å². The van der Waals surface area contributed by atoms with Crippen LogP contribution in [-0.2, 0) is 4.79 Å². The molecule has 1 atom stereocenters. The molecule has 0 bridgehead atoms. The van der Waals surface area contributed by atoms with Crippen LogP contribution >= 0.6 is 0 Å². The SMILES string of the molecule is CCCNC(=O)CNCC(C)CCC. The summed E-state index contributed by atoms with van der Waals surface area (Å²) in [5.41, 5.74) is 0. The van der Waals surface area contributed by atoms with Crippen LogP contribution in [0.5, 0.6) is 0 Å². The van der Waals surface area contributed by atoms with Crippen molar-refractivity contribution in [3.05, 3.63) is 0 Å². The molecular formula is C11H24N2O. The molecule has 0 aromatic rings. The summed E-state index contributed by atoms with van der Waals surface area (Å²) in [4.78, 5) is 11.2. The molecule has 1 amide bonds. The highest BCUT2D eigenvalue weighted by Crippen LogP contribution is 2.01. The first-order valence-corrected chi connectivity index (χ1v) is 5.68. The van der Waals surface area contributed by atoms with Gasteiger partial charge in [0.05, 0.1) is 6.54 Å². The van der Waals surface area contributed by atoms with Crippen molar-refractivity contribution in [3.8, 4) is 0 Å². The molecule has 0 aliphatic carbocycles. The minimum atomic E-state index is 0.107. The van der Waals surface area contributed by atoms with Crippen molar-refractivity contribution < 1.29 is 4.79 Å². The van der Waals surface area contributed by atoms with Crippen molar-refractivity contribution in [1.29, 1.82) is 0 Å². The first kappa shape index (κ1) is 13.4. The molecular weight excluding hydrogens is 176 g/mol. The van der Waals surface area contributed by atoms with Crippen LogP contribution < -0.4 is 10.6 Å². The molecule has 0 aromatic carbocycles. The fraction of sp³-hybridized carbons (Fsp3) is 0.909. The van der Waals surface area contributed by atoms with Crippen LogP contribution in [0.15, 0.2) is 0 Å². The molecule has 0 heterocycles. The van der Waals surface area contributed by atoms with Gasteiger partial charge in [-0.2, -0.15) is 0 Å². The van der Waals surface area contributed by atoms with Crippen LogP contribution in [0.25, 0.3) is 0 Å². The number of hydrogen-bond donors (Lipinski definition) is 2.